The van der Waals surface area contributed by atoms with Crippen molar-refractivity contribution < 1.29 is 38.8 Å². The summed E-state index contributed by atoms with van der Waals surface area (Å²) in [5.41, 5.74) is 17.8. The van der Waals surface area contributed by atoms with Gasteiger partial charge in [-0.2, -0.15) is 0 Å². The van der Waals surface area contributed by atoms with Gasteiger partial charge in [0.05, 0.1) is 39.5 Å². The van der Waals surface area contributed by atoms with Crippen molar-refractivity contribution in [3.63, 3.8) is 0 Å². The maximum Gasteiger partial charge on any atom is 0.350 e. The lowest BCUT2D eigenvalue weighted by Gasteiger charge is -2.50. The number of carbonyl (C=O) groups is 4. The molecule has 5 heterocycles. The molecule has 0 spiro atoms. The number of aromatic nitrogens is 3. The highest BCUT2D eigenvalue weighted by Crippen LogP contribution is 2.45. The van der Waals surface area contributed by atoms with Crippen molar-refractivity contribution in [2.75, 3.05) is 11.5 Å². The summed E-state index contributed by atoms with van der Waals surface area (Å²) in [6.45, 7) is 3.47. The van der Waals surface area contributed by atoms with Crippen molar-refractivity contribution in [3.8, 4) is 0 Å². The minimum atomic E-state index is -1.75. The molecule has 0 unspecified atom stereocenters. The highest BCUT2D eigenvalue weighted by molar-refractivity contribution is 8.00. The van der Waals surface area contributed by atoms with E-state index < -0.39 is 40.5 Å². The van der Waals surface area contributed by atoms with Crippen LogP contribution in [-0.2, 0) is 43.5 Å². The number of oxime groups is 1. The number of amides is 1. The van der Waals surface area contributed by atoms with Gasteiger partial charge in [-0.3, -0.25) is 14.5 Å². The Kier molecular flexibility index (Phi) is 10.0. The van der Waals surface area contributed by atoms with Gasteiger partial charge in [-0.1, -0.05) is 17.3 Å². The molecule has 1 saturated heterocycles. The van der Waals surface area contributed by atoms with Crippen LogP contribution >= 0.6 is 23.1 Å². The molecule has 52 heavy (non-hydrogen) atoms. The van der Waals surface area contributed by atoms with Crippen LogP contribution in [0.3, 0.4) is 0 Å². The van der Waals surface area contributed by atoms with Crippen LogP contribution in [0.15, 0.2) is 81.8 Å². The zero-order valence-corrected chi connectivity index (χ0v) is 29.7. The molecule has 2 aliphatic rings. The number of anilines is 1. The van der Waals surface area contributed by atoms with E-state index in [0.29, 0.717) is 11.3 Å². The smallest absolute Gasteiger partial charge is 0.350 e. The number of nitrogens with zero attached hydrogens (tertiary/aromatic N) is 6. The summed E-state index contributed by atoms with van der Waals surface area (Å²) in [5, 5.41) is 27.6. The fourth-order valence-electron chi connectivity index (χ4n) is 5.90. The third-order valence-electron chi connectivity index (χ3n) is 8.64. The minimum Gasteiger partial charge on any atom is -0.543 e. The second-order valence-electron chi connectivity index (χ2n) is 12.7. The fourth-order valence-corrected chi connectivity index (χ4v) is 7.85. The molecule has 1 amide bonds. The second kappa shape index (κ2) is 14.5. The number of guanidine groups is 1. The molecule has 1 fully saturated rings. The summed E-state index contributed by atoms with van der Waals surface area (Å²) in [6.07, 6.45) is 6.22. The SMILES string of the molecule is CC(C)(O/N=C(\C(=O)C[C@@H]1C(=O)N2C(C(=O)[O-])=C(C[n+]3ccc4c(ccn4CCc4ccc(N=C(N)N)cc4)c3)CS[C@H]12)c1csc(N)n1)C(=O)O. The molecule has 18 heteroatoms. The van der Waals surface area contributed by atoms with E-state index >= 15 is 0 Å². The molecule has 4 aromatic rings. The first-order chi connectivity index (χ1) is 24.7. The number of hydrogen-bond acceptors (Lipinski definition) is 12. The van der Waals surface area contributed by atoms with Crippen molar-refractivity contribution in [2.45, 2.75) is 50.8 Å². The number of benzene rings is 1. The Morgan fingerprint density at radius 3 is 2.58 bits per heavy atom. The maximum atomic E-state index is 13.5. The number of pyridine rings is 1. The van der Waals surface area contributed by atoms with E-state index in [1.807, 2.05) is 59.6 Å². The Morgan fingerprint density at radius 1 is 1.17 bits per heavy atom. The van der Waals surface area contributed by atoms with Crippen LogP contribution in [0.5, 0.6) is 0 Å². The quantitative estimate of drug-likeness (QED) is 0.0462. The molecule has 270 valence electrons. The van der Waals surface area contributed by atoms with Crippen LogP contribution in [0.25, 0.3) is 10.9 Å². The predicted octanol–water partition coefficient (Wildman–Crippen LogP) is 0.894. The van der Waals surface area contributed by atoms with Crippen LogP contribution in [0.1, 0.15) is 31.5 Å². The van der Waals surface area contributed by atoms with E-state index in [9.17, 15) is 29.4 Å². The number of thiazole rings is 1. The average Bonchev–Trinajstić information content (AvgIpc) is 3.71. The van der Waals surface area contributed by atoms with E-state index in [-0.39, 0.29) is 46.9 Å². The lowest BCUT2D eigenvalue weighted by Crippen LogP contribution is -2.63. The molecular formula is C34H35N9O7S2. The van der Waals surface area contributed by atoms with E-state index in [0.717, 1.165) is 40.8 Å². The molecule has 2 atom stereocenters. The number of aliphatic imine (C=N–C) groups is 1. The molecule has 7 N–H and O–H groups in total. The molecule has 6 rings (SSSR count). The summed E-state index contributed by atoms with van der Waals surface area (Å²) in [4.78, 5) is 65.4. The molecule has 0 bridgehead atoms. The van der Waals surface area contributed by atoms with Crippen LogP contribution < -0.4 is 26.9 Å². The van der Waals surface area contributed by atoms with Crippen LogP contribution in [-0.4, -0.2) is 71.6 Å². The lowest BCUT2D eigenvalue weighted by molar-refractivity contribution is -0.687. The number of Topliss-reactive ketones (excluding diaryl/α,β-unsaturated/α-hetero) is 1. The van der Waals surface area contributed by atoms with E-state index in [1.165, 1.54) is 35.9 Å². The highest BCUT2D eigenvalue weighted by atomic mass is 32.2. The zero-order chi connectivity index (χ0) is 37.3. The first kappa shape index (κ1) is 36.1. The number of carbonyl (C=O) groups excluding carboxylic acids is 3. The standard InChI is InChI=1S/C34H35N9O7S2/c1-34(2,31(48)49)50-40-26(23-17-52-33(37)39-23)25(44)13-22-28(45)43-27(30(46)47)20(16-51-29(22)43)15-41-10-9-24-19(14-41)8-12-42(24)11-7-18-3-5-21(6-4-18)38-32(35)36/h3-6,8-10,12,14,17,22,29H,7,11,13,15-16H2,1-2H3,(H7-,35,36,37,38,39,46,47,48,49)/b40-26-/t22-,29-/m1/s1. The number of ketones is 1. The van der Waals surface area contributed by atoms with Gasteiger partial charge in [0.1, 0.15) is 5.69 Å². The predicted molar refractivity (Wildman–Crippen MR) is 192 cm³/mol. The van der Waals surface area contributed by atoms with Crippen LogP contribution in [0.4, 0.5) is 10.8 Å². The summed E-state index contributed by atoms with van der Waals surface area (Å²) in [7, 11) is 0. The number of carboxylic acid groups (broad SMARTS) is 2. The van der Waals surface area contributed by atoms with Crippen molar-refractivity contribution in [3.05, 3.63) is 82.9 Å². The van der Waals surface area contributed by atoms with Gasteiger partial charge < -0.3 is 41.6 Å². The number of aliphatic carboxylic acids is 2. The van der Waals surface area contributed by atoms with Crippen molar-refractivity contribution >= 4 is 80.1 Å². The zero-order valence-electron chi connectivity index (χ0n) is 28.1. The molecule has 0 radical (unpaired) electrons. The highest BCUT2D eigenvalue weighted by Gasteiger charge is 2.53. The summed E-state index contributed by atoms with van der Waals surface area (Å²) < 4.78 is 4.00. The normalized spacial score (nSPS) is 17.5. The molecular weight excluding hydrogens is 711 g/mol. The van der Waals surface area contributed by atoms with Gasteiger partial charge >= 0.3 is 5.97 Å². The molecule has 0 aliphatic carbocycles. The Hall–Kier alpha value is -5.75. The monoisotopic (exact) mass is 745 g/mol. The number of β-lactam (4-membered cyclic amide) rings is 1. The number of thioether (sulfide) groups is 1. The summed E-state index contributed by atoms with van der Waals surface area (Å²) in [6, 6.07) is 11.6. The van der Waals surface area contributed by atoms with Crippen molar-refractivity contribution in [1.29, 1.82) is 0 Å². The van der Waals surface area contributed by atoms with E-state index in [4.69, 9.17) is 22.0 Å². The third kappa shape index (κ3) is 7.47. The van der Waals surface area contributed by atoms with E-state index in [1.54, 1.807) is 0 Å². The Morgan fingerprint density at radius 2 is 1.92 bits per heavy atom. The van der Waals surface area contributed by atoms with Gasteiger partial charge in [0.15, 0.2) is 41.5 Å². The van der Waals surface area contributed by atoms with Crippen molar-refractivity contribution in [1.82, 2.24) is 14.5 Å². The van der Waals surface area contributed by atoms with Crippen LogP contribution in [0, 0.1) is 5.92 Å². The van der Waals surface area contributed by atoms with Gasteiger partial charge in [0.2, 0.25) is 11.5 Å². The number of carboxylic acids is 2. The van der Waals surface area contributed by atoms with Gasteiger partial charge in [-0.05, 0) is 44.0 Å². The number of nitrogens with two attached hydrogens (primary N) is 3. The molecule has 1 aromatic carbocycles. The summed E-state index contributed by atoms with van der Waals surface area (Å²) >= 11 is 2.40. The third-order valence-corrected chi connectivity index (χ3v) is 10.7. The average molecular weight is 746 g/mol. The Labute approximate surface area is 305 Å². The Bertz CT molecular complexity index is 2170. The van der Waals surface area contributed by atoms with Gasteiger partial charge in [0, 0.05) is 41.9 Å². The first-order valence-electron chi connectivity index (χ1n) is 16.0. The first-order valence-corrected chi connectivity index (χ1v) is 17.9. The lowest BCUT2D eigenvalue weighted by atomic mass is 9.89. The minimum absolute atomic E-state index is 0.00231. The molecule has 2 aliphatic heterocycles. The number of hydrogen-bond donors (Lipinski definition) is 4. The van der Waals surface area contributed by atoms with Gasteiger partial charge in [-0.15, -0.1) is 23.1 Å². The number of fused-ring (bicyclic) bond motifs is 2. The number of nitrogen functional groups attached to an aromatic ring is 1. The molecule has 3 aromatic heterocycles. The van der Waals surface area contributed by atoms with E-state index in [2.05, 4.69) is 19.7 Å². The second-order valence-corrected chi connectivity index (χ2v) is 14.7. The van der Waals surface area contributed by atoms with Gasteiger partial charge in [0.25, 0.3) is 0 Å². The van der Waals surface area contributed by atoms with Gasteiger partial charge in [-0.25, -0.2) is 19.3 Å². The topological polar surface area (TPSA) is 249 Å². The number of aryl methyl sites for hydroxylation is 2. The summed E-state index contributed by atoms with van der Waals surface area (Å²) in [5.74, 6) is -4.54. The fraction of sp³-hybridized carbons (Fsp3) is 0.294. The Balaban J connectivity index is 1.14. The number of rotatable bonds is 14. The largest absolute Gasteiger partial charge is 0.543 e. The molecule has 16 nitrogen and oxygen atoms in total. The maximum absolute atomic E-state index is 13.5. The van der Waals surface area contributed by atoms with Crippen LogP contribution in [0.2, 0.25) is 0 Å². The van der Waals surface area contributed by atoms with Crippen molar-refractivity contribution in [2.24, 2.45) is 27.5 Å². The molecule has 0 saturated carbocycles.